The minimum Gasteiger partial charge on any atom is -0.435 e. The van der Waals surface area contributed by atoms with Crippen LogP contribution in [0.3, 0.4) is 0 Å². The largest absolute Gasteiger partial charge is 0.435 e. The number of hydrogen-bond donors (Lipinski definition) is 2. The summed E-state index contributed by atoms with van der Waals surface area (Å²) in [6.07, 6.45) is 2.95. The average Bonchev–Trinajstić information content (AvgIpc) is 3.03. The van der Waals surface area contributed by atoms with Gasteiger partial charge < -0.3 is 15.0 Å². The third-order valence-corrected chi connectivity index (χ3v) is 4.28. The van der Waals surface area contributed by atoms with Crippen LogP contribution < -0.4 is 10.1 Å². The van der Waals surface area contributed by atoms with Crippen LogP contribution in [0, 0.1) is 0 Å². The van der Waals surface area contributed by atoms with Gasteiger partial charge in [-0.15, -0.1) is 0 Å². The van der Waals surface area contributed by atoms with Crippen molar-refractivity contribution in [3.63, 3.8) is 0 Å². The van der Waals surface area contributed by atoms with Crippen molar-refractivity contribution in [1.82, 2.24) is 10.3 Å². The summed E-state index contributed by atoms with van der Waals surface area (Å²) in [5.41, 5.74) is 2.99. The molecule has 0 fully saturated rings. The van der Waals surface area contributed by atoms with E-state index in [4.69, 9.17) is 0 Å². The highest BCUT2D eigenvalue weighted by Crippen LogP contribution is 2.21. The number of carbonyl (C=O) groups excluding carboxylic acids is 1. The van der Waals surface area contributed by atoms with Gasteiger partial charge in [0.2, 0.25) is 5.91 Å². The minimum absolute atomic E-state index is 0.0595. The molecular formula is C20H20F2N2O2. The lowest BCUT2D eigenvalue weighted by molar-refractivity contribution is -0.121. The summed E-state index contributed by atoms with van der Waals surface area (Å²) >= 11 is 0. The summed E-state index contributed by atoms with van der Waals surface area (Å²) in [7, 11) is 0. The molecule has 26 heavy (non-hydrogen) atoms. The summed E-state index contributed by atoms with van der Waals surface area (Å²) in [5.74, 6) is 0.0392. The Labute approximate surface area is 150 Å². The molecule has 0 aliphatic carbocycles. The van der Waals surface area contributed by atoms with Gasteiger partial charge >= 0.3 is 6.61 Å². The number of aromatic amines is 1. The molecule has 0 aliphatic rings. The number of aromatic nitrogens is 1. The highest BCUT2D eigenvalue weighted by molar-refractivity contribution is 5.84. The Morgan fingerprint density at radius 3 is 2.62 bits per heavy atom. The van der Waals surface area contributed by atoms with Crippen molar-refractivity contribution < 1.29 is 18.3 Å². The van der Waals surface area contributed by atoms with E-state index >= 15 is 0 Å². The van der Waals surface area contributed by atoms with Crippen molar-refractivity contribution in [2.24, 2.45) is 0 Å². The molecule has 2 aromatic carbocycles. The minimum atomic E-state index is -2.84. The van der Waals surface area contributed by atoms with E-state index in [-0.39, 0.29) is 17.7 Å². The fourth-order valence-corrected chi connectivity index (χ4v) is 2.92. The molecule has 0 radical (unpaired) electrons. The zero-order valence-electron chi connectivity index (χ0n) is 14.3. The molecule has 136 valence electrons. The first-order valence-corrected chi connectivity index (χ1v) is 8.42. The van der Waals surface area contributed by atoms with Crippen molar-refractivity contribution >= 4 is 16.8 Å². The Kier molecular flexibility index (Phi) is 5.51. The lowest BCUT2D eigenvalue weighted by Gasteiger charge is -2.15. The van der Waals surface area contributed by atoms with E-state index in [1.54, 1.807) is 12.1 Å². The number of H-pyrrole nitrogens is 1. The number of benzene rings is 2. The maximum absolute atomic E-state index is 12.2. The van der Waals surface area contributed by atoms with Gasteiger partial charge in [-0.25, -0.2) is 0 Å². The highest BCUT2D eigenvalue weighted by atomic mass is 19.3. The quantitative estimate of drug-likeness (QED) is 0.650. The third kappa shape index (κ3) is 4.39. The third-order valence-electron chi connectivity index (χ3n) is 4.28. The number of aryl methyl sites for hydroxylation is 1. The maximum Gasteiger partial charge on any atom is 0.387 e. The molecule has 1 unspecified atom stereocenters. The first kappa shape index (κ1) is 17.9. The fraction of sp³-hybridized carbons (Fsp3) is 0.250. The Balaban J connectivity index is 1.54. The lowest BCUT2D eigenvalue weighted by atomic mass is 10.1. The first-order chi connectivity index (χ1) is 12.5. The maximum atomic E-state index is 12.2. The molecule has 0 saturated heterocycles. The molecule has 0 spiro atoms. The van der Waals surface area contributed by atoms with Crippen LogP contribution in [0.15, 0.2) is 54.7 Å². The predicted octanol–water partition coefficient (Wildman–Crippen LogP) is 4.58. The van der Waals surface area contributed by atoms with Crippen LogP contribution in [-0.4, -0.2) is 17.5 Å². The SMILES string of the molecule is CC(NC(=O)CCc1c[nH]c2ccccc12)c1ccc(OC(F)F)cc1. The number of hydrogen-bond acceptors (Lipinski definition) is 2. The number of rotatable bonds is 7. The summed E-state index contributed by atoms with van der Waals surface area (Å²) < 4.78 is 28.7. The normalized spacial score (nSPS) is 12.3. The smallest absolute Gasteiger partial charge is 0.387 e. The number of nitrogens with one attached hydrogen (secondary N) is 2. The number of halogens is 2. The number of para-hydroxylation sites is 1. The molecule has 1 atom stereocenters. The first-order valence-electron chi connectivity index (χ1n) is 8.42. The number of ether oxygens (including phenoxy) is 1. The van der Waals surface area contributed by atoms with Crippen LogP contribution in [0.2, 0.25) is 0 Å². The molecule has 0 aliphatic heterocycles. The molecule has 2 N–H and O–H groups in total. The van der Waals surface area contributed by atoms with Crippen LogP contribution >= 0.6 is 0 Å². The summed E-state index contributed by atoms with van der Waals surface area (Å²) in [4.78, 5) is 15.4. The van der Waals surface area contributed by atoms with Gasteiger partial charge in [0.25, 0.3) is 0 Å². The van der Waals surface area contributed by atoms with Gasteiger partial charge in [-0.2, -0.15) is 8.78 Å². The van der Waals surface area contributed by atoms with Crippen molar-refractivity contribution in [1.29, 1.82) is 0 Å². The highest BCUT2D eigenvalue weighted by Gasteiger charge is 2.12. The van der Waals surface area contributed by atoms with Gasteiger partial charge in [-0.1, -0.05) is 30.3 Å². The molecule has 1 aromatic heterocycles. The van der Waals surface area contributed by atoms with Gasteiger partial charge in [-0.3, -0.25) is 4.79 Å². The topological polar surface area (TPSA) is 54.1 Å². The van der Waals surface area contributed by atoms with Crippen LogP contribution in [0.5, 0.6) is 5.75 Å². The second kappa shape index (κ2) is 7.99. The van der Waals surface area contributed by atoms with Gasteiger partial charge in [0.15, 0.2) is 0 Å². The number of carbonyl (C=O) groups is 1. The zero-order chi connectivity index (χ0) is 18.5. The van der Waals surface area contributed by atoms with Crippen LogP contribution in [0.25, 0.3) is 10.9 Å². The zero-order valence-corrected chi connectivity index (χ0v) is 14.3. The van der Waals surface area contributed by atoms with Gasteiger partial charge in [0, 0.05) is 23.5 Å². The molecule has 1 heterocycles. The van der Waals surface area contributed by atoms with Gasteiger partial charge in [-0.05, 0) is 42.7 Å². The summed E-state index contributed by atoms with van der Waals surface area (Å²) in [6.45, 7) is -0.991. The van der Waals surface area contributed by atoms with Crippen LogP contribution in [0.4, 0.5) is 8.78 Å². The molecular weight excluding hydrogens is 338 g/mol. The Morgan fingerprint density at radius 2 is 1.88 bits per heavy atom. The Hall–Kier alpha value is -2.89. The summed E-state index contributed by atoms with van der Waals surface area (Å²) in [6, 6.07) is 14.0. The van der Waals surface area contributed by atoms with E-state index < -0.39 is 6.61 Å². The fourth-order valence-electron chi connectivity index (χ4n) is 2.92. The standard InChI is InChI=1S/C20H20F2N2O2/c1-13(14-6-9-16(10-7-14)26-20(21)22)24-19(25)11-8-15-12-23-18-5-3-2-4-17(15)18/h2-7,9-10,12-13,20,23H,8,11H2,1H3,(H,24,25). The van der Waals surface area contributed by atoms with E-state index in [2.05, 4.69) is 15.0 Å². The second-order valence-electron chi connectivity index (χ2n) is 6.10. The van der Waals surface area contributed by atoms with E-state index in [1.165, 1.54) is 12.1 Å². The van der Waals surface area contributed by atoms with Crippen LogP contribution in [0.1, 0.15) is 30.5 Å². The van der Waals surface area contributed by atoms with Crippen molar-refractivity contribution in [3.8, 4) is 5.75 Å². The van der Waals surface area contributed by atoms with Crippen LogP contribution in [-0.2, 0) is 11.2 Å². The van der Waals surface area contributed by atoms with E-state index in [0.29, 0.717) is 12.8 Å². The Morgan fingerprint density at radius 1 is 1.15 bits per heavy atom. The van der Waals surface area contributed by atoms with Gasteiger partial charge in [0.1, 0.15) is 5.75 Å². The number of amides is 1. The number of alkyl halides is 2. The second-order valence-corrected chi connectivity index (χ2v) is 6.10. The molecule has 0 bridgehead atoms. The van der Waals surface area contributed by atoms with E-state index in [9.17, 15) is 13.6 Å². The molecule has 3 aromatic rings. The molecule has 1 amide bonds. The predicted molar refractivity (Wildman–Crippen MR) is 96.3 cm³/mol. The van der Waals surface area contributed by atoms with E-state index in [0.717, 1.165) is 22.0 Å². The van der Waals surface area contributed by atoms with Gasteiger partial charge in [0.05, 0.1) is 6.04 Å². The van der Waals surface area contributed by atoms with Crippen molar-refractivity contribution in [2.45, 2.75) is 32.4 Å². The molecule has 6 heteroatoms. The molecule has 4 nitrogen and oxygen atoms in total. The van der Waals surface area contributed by atoms with Crippen molar-refractivity contribution in [3.05, 3.63) is 65.9 Å². The Bertz CT molecular complexity index is 875. The molecule has 3 rings (SSSR count). The average molecular weight is 358 g/mol. The number of fused-ring (bicyclic) bond motifs is 1. The lowest BCUT2D eigenvalue weighted by Crippen LogP contribution is -2.26. The van der Waals surface area contributed by atoms with E-state index in [1.807, 2.05) is 37.4 Å². The summed E-state index contributed by atoms with van der Waals surface area (Å²) in [5, 5.41) is 4.06. The monoisotopic (exact) mass is 358 g/mol. The molecule has 0 saturated carbocycles. The van der Waals surface area contributed by atoms with Crippen molar-refractivity contribution in [2.75, 3.05) is 0 Å².